The number of aromatic nitrogens is 2. The summed E-state index contributed by atoms with van der Waals surface area (Å²) in [5.41, 5.74) is 2.87. The molecule has 4 rings (SSSR count). The van der Waals surface area contributed by atoms with Crippen molar-refractivity contribution in [3.63, 3.8) is 0 Å². The summed E-state index contributed by atoms with van der Waals surface area (Å²) >= 11 is 0. The monoisotopic (exact) mass is 315 g/mol. The van der Waals surface area contributed by atoms with Crippen molar-refractivity contribution in [2.75, 3.05) is 0 Å². The van der Waals surface area contributed by atoms with Crippen LogP contribution in [0.1, 0.15) is 11.3 Å². The lowest BCUT2D eigenvalue weighted by molar-refractivity contribution is -0.466. The number of fused-ring (bicyclic) bond motifs is 4. The van der Waals surface area contributed by atoms with E-state index in [-0.39, 0.29) is 0 Å². The van der Waals surface area contributed by atoms with E-state index < -0.39 is 0 Å². The van der Waals surface area contributed by atoms with Crippen LogP contribution in [0, 0.1) is 4.91 Å². The van der Waals surface area contributed by atoms with Crippen LogP contribution in [-0.2, 0) is 6.42 Å². The number of hydrogen-bond acceptors (Lipinski definition) is 3. The Bertz CT molecular complexity index is 1120. The van der Waals surface area contributed by atoms with Crippen molar-refractivity contribution in [1.29, 1.82) is 0 Å². The Morgan fingerprint density at radius 1 is 0.958 bits per heavy atom. The molecule has 0 amide bonds. The summed E-state index contributed by atoms with van der Waals surface area (Å²) in [6, 6.07) is 18.7. The summed E-state index contributed by atoms with van der Waals surface area (Å²) in [6.07, 6.45) is 5.73. The van der Waals surface area contributed by atoms with Gasteiger partial charge in [0.05, 0.1) is 17.1 Å². The zero-order valence-corrected chi connectivity index (χ0v) is 12.9. The highest BCUT2D eigenvalue weighted by Gasteiger charge is 2.31. The van der Waals surface area contributed by atoms with Gasteiger partial charge in [-0.05, 0) is 23.6 Å². The minimum Gasteiger partial charge on any atom is -0.458 e. The maximum atomic E-state index is 12.8. The standard InChI is InChI=1S/C20H15N2O2/c23-22-18-9-3-4-10-20(18)24-12-6-5-11-21-14-15-7-1-2-8-16(15)17-13-19(17)22/h1-12,14H,13H2/q+1. The third-order valence-electron chi connectivity index (χ3n) is 3.95. The molecule has 3 aromatic rings. The van der Waals surface area contributed by atoms with Crippen molar-refractivity contribution in [3.8, 4) is 0 Å². The fraction of sp³-hybridized carbons (Fsp3) is 0.0500. The largest absolute Gasteiger partial charge is 0.458 e. The molecule has 0 atom stereocenters. The van der Waals surface area contributed by atoms with Crippen molar-refractivity contribution >= 4 is 21.9 Å². The number of nitrogens with zero attached hydrogens (tertiary/aromatic N) is 2. The van der Waals surface area contributed by atoms with E-state index in [4.69, 9.17) is 4.42 Å². The molecule has 0 radical (unpaired) electrons. The first-order chi connectivity index (χ1) is 11.8. The molecule has 0 N–H and O–H groups in total. The van der Waals surface area contributed by atoms with E-state index in [1.807, 2.05) is 36.4 Å². The van der Waals surface area contributed by atoms with Gasteiger partial charge in [0.25, 0.3) is 0 Å². The van der Waals surface area contributed by atoms with Gasteiger partial charge in [0.2, 0.25) is 11.3 Å². The topological polar surface area (TPSA) is 49.0 Å². The molecule has 116 valence electrons. The second-order valence-corrected chi connectivity index (χ2v) is 5.52. The van der Waals surface area contributed by atoms with Gasteiger partial charge in [-0.25, -0.2) is 0 Å². The molecular weight excluding hydrogens is 300 g/mol. The Morgan fingerprint density at radius 3 is 2.75 bits per heavy atom. The zero-order chi connectivity index (χ0) is 16.4. The number of benzene rings is 2. The van der Waals surface area contributed by atoms with Crippen LogP contribution in [0.2, 0.25) is 0 Å². The van der Waals surface area contributed by atoms with Gasteiger partial charge < -0.3 is 4.42 Å². The smallest absolute Gasteiger partial charge is 0.305 e. The third kappa shape index (κ3) is 2.70. The first kappa shape index (κ1) is 14.3. The summed E-state index contributed by atoms with van der Waals surface area (Å²) in [5, 5.41) is 2.06. The van der Waals surface area contributed by atoms with Crippen LogP contribution in [0.4, 0.5) is 0 Å². The van der Waals surface area contributed by atoms with E-state index in [2.05, 4.69) is 4.98 Å². The molecule has 0 bridgehead atoms. The van der Waals surface area contributed by atoms with E-state index in [1.165, 1.54) is 0 Å². The van der Waals surface area contributed by atoms with Crippen molar-refractivity contribution in [3.05, 3.63) is 95.5 Å². The molecule has 1 aromatic heterocycles. The van der Waals surface area contributed by atoms with E-state index in [9.17, 15) is 4.91 Å². The van der Waals surface area contributed by atoms with Gasteiger partial charge in [0, 0.05) is 34.3 Å². The van der Waals surface area contributed by atoms with E-state index in [0.29, 0.717) is 17.5 Å². The Balaban J connectivity index is 2.17. The fourth-order valence-electron chi connectivity index (χ4n) is 2.70. The van der Waals surface area contributed by atoms with E-state index in [0.717, 1.165) is 26.5 Å². The molecule has 1 aliphatic carbocycles. The minimum atomic E-state index is 0.513. The van der Waals surface area contributed by atoms with Gasteiger partial charge in [-0.1, -0.05) is 36.4 Å². The van der Waals surface area contributed by atoms with Crippen molar-refractivity contribution in [2.45, 2.75) is 6.42 Å². The van der Waals surface area contributed by atoms with Gasteiger partial charge >= 0.3 is 5.52 Å². The van der Waals surface area contributed by atoms with Gasteiger partial charge in [0.1, 0.15) is 0 Å². The van der Waals surface area contributed by atoms with Crippen molar-refractivity contribution < 1.29 is 8.84 Å². The Kier molecular flexibility index (Phi) is 3.63. The average molecular weight is 315 g/mol. The highest BCUT2D eigenvalue weighted by Crippen LogP contribution is 2.29. The van der Waals surface area contributed by atoms with Gasteiger partial charge in [0.15, 0.2) is 0 Å². The summed E-state index contributed by atoms with van der Waals surface area (Å²) in [4.78, 5) is 17.1. The lowest BCUT2D eigenvalue weighted by Crippen LogP contribution is -2.13. The molecule has 4 heteroatoms. The average Bonchev–Trinajstić information content (AvgIpc) is 3.41. The lowest BCUT2D eigenvalue weighted by atomic mass is 10.2. The van der Waals surface area contributed by atoms with Gasteiger partial charge in [-0.2, -0.15) is 0 Å². The van der Waals surface area contributed by atoms with Gasteiger partial charge in [-0.3, -0.25) is 4.98 Å². The summed E-state index contributed by atoms with van der Waals surface area (Å²) in [5.74, 6) is 0. The second kappa shape index (κ2) is 6.08. The van der Waals surface area contributed by atoms with Crippen LogP contribution in [0.15, 0.2) is 83.7 Å². The highest BCUT2D eigenvalue weighted by molar-refractivity contribution is 5.87. The zero-order valence-electron chi connectivity index (χ0n) is 12.9. The van der Waals surface area contributed by atoms with Crippen LogP contribution in [-0.4, -0.2) is 4.98 Å². The minimum absolute atomic E-state index is 0.513. The Labute approximate surface area is 138 Å². The maximum Gasteiger partial charge on any atom is 0.305 e. The Hall–Kier alpha value is -3.27. The first-order valence-electron chi connectivity index (χ1n) is 7.74. The number of para-hydroxylation sites is 2. The molecule has 4 nitrogen and oxygen atoms in total. The van der Waals surface area contributed by atoms with Crippen LogP contribution in [0.25, 0.3) is 21.9 Å². The number of hydrogen-bond donors (Lipinski definition) is 0. The SMILES string of the molecule is O=[n+]1c2c(c3ccccc3cnccccoc3ccccc31)C2. The quantitative estimate of drug-likeness (QED) is 0.460. The molecule has 0 saturated heterocycles. The van der Waals surface area contributed by atoms with Crippen molar-refractivity contribution in [1.82, 2.24) is 4.98 Å². The molecule has 1 aliphatic rings. The van der Waals surface area contributed by atoms with Crippen LogP contribution < -0.4 is 4.43 Å². The molecular formula is C20H15N2O2+. The second-order valence-electron chi connectivity index (χ2n) is 5.52. The molecule has 0 saturated carbocycles. The first-order valence-corrected chi connectivity index (χ1v) is 7.74. The Morgan fingerprint density at radius 2 is 1.79 bits per heavy atom. The fourth-order valence-corrected chi connectivity index (χ4v) is 2.70. The molecule has 0 spiro atoms. The highest BCUT2D eigenvalue weighted by atomic mass is 16.3. The predicted molar refractivity (Wildman–Crippen MR) is 92.9 cm³/mol. The van der Waals surface area contributed by atoms with E-state index >= 15 is 0 Å². The van der Waals surface area contributed by atoms with Crippen LogP contribution >= 0.6 is 0 Å². The van der Waals surface area contributed by atoms with E-state index in [1.54, 1.807) is 42.9 Å². The lowest BCUT2D eigenvalue weighted by Gasteiger charge is -1.89. The third-order valence-corrected chi connectivity index (χ3v) is 3.95. The molecule has 0 unspecified atom stereocenters. The van der Waals surface area contributed by atoms with Gasteiger partial charge in [-0.15, -0.1) is 0 Å². The molecule has 2 aromatic carbocycles. The van der Waals surface area contributed by atoms with Crippen molar-refractivity contribution in [2.24, 2.45) is 0 Å². The molecule has 0 fully saturated rings. The number of rotatable bonds is 0. The van der Waals surface area contributed by atoms with Crippen LogP contribution in [0.5, 0.6) is 0 Å². The summed E-state index contributed by atoms with van der Waals surface area (Å²) in [6.45, 7) is 0. The summed E-state index contributed by atoms with van der Waals surface area (Å²) < 4.78 is 6.56. The predicted octanol–water partition coefficient (Wildman–Crippen LogP) is 4.05. The van der Waals surface area contributed by atoms with Crippen LogP contribution in [0.3, 0.4) is 0 Å². The normalized spacial score (nSPS) is 11.3. The molecule has 24 heavy (non-hydrogen) atoms. The molecule has 1 heterocycles. The maximum absolute atomic E-state index is 12.8. The molecule has 0 aliphatic heterocycles. The summed E-state index contributed by atoms with van der Waals surface area (Å²) in [7, 11) is 0.